The lowest BCUT2D eigenvalue weighted by molar-refractivity contribution is -0.150. The van der Waals surface area contributed by atoms with Gasteiger partial charge >= 0.3 is 5.97 Å². The summed E-state index contributed by atoms with van der Waals surface area (Å²) in [6, 6.07) is 0.137. The van der Waals surface area contributed by atoms with Gasteiger partial charge in [-0.1, -0.05) is 0 Å². The van der Waals surface area contributed by atoms with Crippen LogP contribution >= 0.6 is 0 Å². The van der Waals surface area contributed by atoms with Crippen molar-refractivity contribution in [1.82, 2.24) is 5.32 Å². The molecule has 1 saturated heterocycles. The first kappa shape index (κ1) is 15.7. The molecule has 1 saturated carbocycles. The molecule has 20 heavy (non-hydrogen) atoms. The molecule has 1 atom stereocenters. The van der Waals surface area contributed by atoms with Gasteiger partial charge in [-0.15, -0.1) is 0 Å². The molecule has 0 aromatic carbocycles. The lowest BCUT2D eigenvalue weighted by Gasteiger charge is -2.33. The van der Waals surface area contributed by atoms with Crippen molar-refractivity contribution >= 4 is 5.97 Å². The zero-order chi connectivity index (χ0) is 14.6. The predicted molar refractivity (Wildman–Crippen MR) is 75.7 cm³/mol. The Morgan fingerprint density at radius 1 is 1.35 bits per heavy atom. The van der Waals surface area contributed by atoms with E-state index >= 15 is 0 Å². The van der Waals surface area contributed by atoms with Crippen LogP contribution in [0.2, 0.25) is 0 Å². The number of hydrogen-bond acceptors (Lipinski definition) is 4. The van der Waals surface area contributed by atoms with Gasteiger partial charge in [-0.05, 0) is 51.4 Å². The van der Waals surface area contributed by atoms with Gasteiger partial charge in [-0.2, -0.15) is 0 Å². The number of rotatable bonds is 8. The maximum atomic E-state index is 11.8. The fourth-order valence-electron chi connectivity index (χ4n) is 2.97. The summed E-state index contributed by atoms with van der Waals surface area (Å²) in [6.45, 7) is 6.47. The van der Waals surface area contributed by atoms with Crippen molar-refractivity contribution in [3.63, 3.8) is 0 Å². The second-order valence-electron chi connectivity index (χ2n) is 6.42. The van der Waals surface area contributed by atoms with Gasteiger partial charge < -0.3 is 14.6 Å². The summed E-state index contributed by atoms with van der Waals surface area (Å²) in [5, 5.41) is 12.9. The van der Waals surface area contributed by atoms with Crippen LogP contribution in [0.5, 0.6) is 0 Å². The largest absolute Gasteiger partial charge is 0.480 e. The van der Waals surface area contributed by atoms with Gasteiger partial charge in [0.25, 0.3) is 0 Å². The Morgan fingerprint density at radius 2 is 2.00 bits per heavy atom. The van der Waals surface area contributed by atoms with Gasteiger partial charge in [0.05, 0.1) is 6.61 Å². The van der Waals surface area contributed by atoms with Crippen molar-refractivity contribution < 1.29 is 19.4 Å². The highest BCUT2D eigenvalue weighted by Crippen LogP contribution is 2.40. The number of carboxylic acid groups (broad SMARTS) is 1. The molecule has 1 aliphatic carbocycles. The average molecular weight is 285 g/mol. The molecule has 0 spiro atoms. The van der Waals surface area contributed by atoms with E-state index in [4.69, 9.17) is 9.47 Å². The first-order valence-electron chi connectivity index (χ1n) is 7.71. The quantitative estimate of drug-likeness (QED) is 0.710. The second kappa shape index (κ2) is 6.87. The van der Waals surface area contributed by atoms with Crippen molar-refractivity contribution in [3.8, 4) is 0 Å². The second-order valence-corrected chi connectivity index (χ2v) is 6.42. The lowest BCUT2D eigenvalue weighted by atomic mass is 9.93. The fraction of sp³-hybridized carbons (Fsp3) is 0.933. The molecule has 2 aliphatic rings. The van der Waals surface area contributed by atoms with Crippen molar-refractivity contribution in [1.29, 1.82) is 0 Å². The molecule has 2 rings (SSSR count). The lowest BCUT2D eigenvalue weighted by Crippen LogP contribution is -2.59. The third-order valence-electron chi connectivity index (χ3n) is 4.23. The Kier molecular flexibility index (Phi) is 5.41. The fourth-order valence-corrected chi connectivity index (χ4v) is 2.97. The third-order valence-corrected chi connectivity index (χ3v) is 4.23. The molecule has 116 valence electrons. The minimum atomic E-state index is -0.903. The maximum Gasteiger partial charge on any atom is 0.326 e. The topological polar surface area (TPSA) is 67.8 Å². The van der Waals surface area contributed by atoms with E-state index in [9.17, 15) is 9.90 Å². The molecule has 0 aromatic heterocycles. The standard InChI is InChI=1S/C15H27NO4/c1-11(2)16-15(14(17)18,13-3-4-13)10-20-9-12-5-7-19-8-6-12/h11-13,16H,3-10H2,1-2H3,(H,17,18). The Labute approximate surface area is 121 Å². The number of carboxylic acids is 1. The van der Waals surface area contributed by atoms with Crippen LogP contribution in [-0.2, 0) is 14.3 Å². The molecule has 1 unspecified atom stereocenters. The van der Waals surface area contributed by atoms with Gasteiger partial charge in [-0.25, -0.2) is 0 Å². The normalized spacial score (nSPS) is 23.8. The van der Waals surface area contributed by atoms with E-state index in [0.29, 0.717) is 12.5 Å². The zero-order valence-electron chi connectivity index (χ0n) is 12.6. The Morgan fingerprint density at radius 3 is 2.50 bits per heavy atom. The highest BCUT2D eigenvalue weighted by atomic mass is 16.5. The Balaban J connectivity index is 1.88. The van der Waals surface area contributed by atoms with E-state index < -0.39 is 11.5 Å². The van der Waals surface area contributed by atoms with Gasteiger partial charge in [0.2, 0.25) is 0 Å². The molecular weight excluding hydrogens is 258 g/mol. The third kappa shape index (κ3) is 3.93. The molecule has 2 fully saturated rings. The molecule has 0 bridgehead atoms. The molecule has 1 heterocycles. The first-order valence-corrected chi connectivity index (χ1v) is 7.71. The summed E-state index contributed by atoms with van der Waals surface area (Å²) in [6.07, 6.45) is 3.99. The van der Waals surface area contributed by atoms with E-state index in [0.717, 1.165) is 38.9 Å². The summed E-state index contributed by atoms with van der Waals surface area (Å²) >= 11 is 0. The molecule has 5 nitrogen and oxygen atoms in total. The summed E-state index contributed by atoms with van der Waals surface area (Å²) in [7, 11) is 0. The van der Waals surface area contributed by atoms with Gasteiger partial charge in [0.1, 0.15) is 5.54 Å². The van der Waals surface area contributed by atoms with Gasteiger partial charge in [0, 0.05) is 25.9 Å². The Hall–Kier alpha value is -0.650. The van der Waals surface area contributed by atoms with E-state index in [1.54, 1.807) is 0 Å². The summed E-state index contributed by atoms with van der Waals surface area (Å²) in [5.74, 6) is -0.0636. The predicted octanol–water partition coefficient (Wildman–Crippen LogP) is 1.66. The summed E-state index contributed by atoms with van der Waals surface area (Å²) in [5.41, 5.74) is -0.903. The maximum absolute atomic E-state index is 11.8. The molecule has 1 aliphatic heterocycles. The minimum absolute atomic E-state index is 0.137. The van der Waals surface area contributed by atoms with Crippen LogP contribution in [0.1, 0.15) is 39.5 Å². The number of nitrogens with one attached hydrogen (secondary N) is 1. The molecule has 0 radical (unpaired) electrons. The van der Waals surface area contributed by atoms with Crippen molar-refractivity contribution in [3.05, 3.63) is 0 Å². The molecule has 0 aromatic rings. The van der Waals surface area contributed by atoms with Gasteiger partial charge in [-0.3, -0.25) is 10.1 Å². The van der Waals surface area contributed by atoms with Crippen LogP contribution < -0.4 is 5.32 Å². The van der Waals surface area contributed by atoms with E-state index in [1.807, 2.05) is 13.8 Å². The number of carbonyl (C=O) groups is 1. The first-order chi connectivity index (χ1) is 9.54. The van der Waals surface area contributed by atoms with Crippen molar-refractivity contribution in [2.75, 3.05) is 26.4 Å². The number of hydrogen-bond donors (Lipinski definition) is 2. The van der Waals surface area contributed by atoms with E-state index in [2.05, 4.69) is 5.32 Å². The number of aliphatic carboxylic acids is 1. The van der Waals surface area contributed by atoms with Crippen molar-refractivity contribution in [2.24, 2.45) is 11.8 Å². The zero-order valence-corrected chi connectivity index (χ0v) is 12.6. The van der Waals surface area contributed by atoms with Crippen LogP contribution in [0.4, 0.5) is 0 Å². The molecule has 2 N–H and O–H groups in total. The molecule has 5 heteroatoms. The van der Waals surface area contributed by atoms with Gasteiger partial charge in [0.15, 0.2) is 0 Å². The highest BCUT2D eigenvalue weighted by Gasteiger charge is 2.51. The van der Waals surface area contributed by atoms with Crippen LogP contribution in [0.25, 0.3) is 0 Å². The van der Waals surface area contributed by atoms with Crippen LogP contribution in [0, 0.1) is 11.8 Å². The smallest absolute Gasteiger partial charge is 0.326 e. The Bertz CT molecular complexity index is 324. The molecule has 0 amide bonds. The van der Waals surface area contributed by atoms with Crippen LogP contribution in [0.15, 0.2) is 0 Å². The average Bonchev–Trinajstić information content (AvgIpc) is 3.22. The number of ether oxygens (including phenoxy) is 2. The van der Waals surface area contributed by atoms with Crippen LogP contribution in [0.3, 0.4) is 0 Å². The monoisotopic (exact) mass is 285 g/mol. The van der Waals surface area contributed by atoms with E-state index in [1.165, 1.54) is 0 Å². The molecular formula is C15H27NO4. The van der Waals surface area contributed by atoms with Crippen molar-refractivity contribution in [2.45, 2.75) is 51.1 Å². The summed E-state index contributed by atoms with van der Waals surface area (Å²) in [4.78, 5) is 11.8. The SMILES string of the molecule is CC(C)NC(COCC1CCOCC1)(C(=O)O)C1CC1. The highest BCUT2D eigenvalue weighted by molar-refractivity contribution is 5.80. The van der Waals surface area contributed by atoms with E-state index in [-0.39, 0.29) is 18.6 Å². The van der Waals surface area contributed by atoms with Crippen LogP contribution in [-0.4, -0.2) is 49.1 Å². The minimum Gasteiger partial charge on any atom is -0.480 e. The summed E-state index contributed by atoms with van der Waals surface area (Å²) < 4.78 is 11.1.